The Kier molecular flexibility index (Phi) is 3.66. The first-order valence-corrected chi connectivity index (χ1v) is 5.35. The molecule has 2 aromatic rings. The zero-order chi connectivity index (χ0) is 12.3. The van der Waals surface area contributed by atoms with Crippen LogP contribution >= 0.6 is 11.6 Å². The molecule has 0 fully saturated rings. The standard InChI is InChI=1S/C12H10ClFN2O/c1-17-7-12-15-10(6-11(13)16-12)8-3-2-4-9(14)5-8/h2-6H,7H2,1H3. The zero-order valence-corrected chi connectivity index (χ0v) is 9.91. The highest BCUT2D eigenvalue weighted by Crippen LogP contribution is 2.20. The Morgan fingerprint density at radius 1 is 1.29 bits per heavy atom. The molecule has 0 bridgehead atoms. The van der Waals surface area contributed by atoms with Crippen molar-refractivity contribution in [2.75, 3.05) is 7.11 Å². The third-order valence-electron chi connectivity index (χ3n) is 2.14. The first-order valence-electron chi connectivity index (χ1n) is 4.97. The highest BCUT2D eigenvalue weighted by atomic mass is 35.5. The summed E-state index contributed by atoms with van der Waals surface area (Å²) in [5.41, 5.74) is 1.24. The lowest BCUT2D eigenvalue weighted by molar-refractivity contribution is 0.178. The highest BCUT2D eigenvalue weighted by Gasteiger charge is 2.06. The zero-order valence-electron chi connectivity index (χ0n) is 9.15. The fourth-order valence-corrected chi connectivity index (χ4v) is 1.65. The van der Waals surface area contributed by atoms with Crippen LogP contribution in [0.3, 0.4) is 0 Å². The summed E-state index contributed by atoms with van der Waals surface area (Å²) in [5.74, 6) is 0.157. The van der Waals surface area contributed by atoms with E-state index >= 15 is 0 Å². The smallest absolute Gasteiger partial charge is 0.156 e. The second-order valence-corrected chi connectivity index (χ2v) is 3.82. The van der Waals surface area contributed by atoms with E-state index in [0.29, 0.717) is 22.2 Å². The van der Waals surface area contributed by atoms with Crippen LogP contribution in [0.5, 0.6) is 0 Å². The topological polar surface area (TPSA) is 35.0 Å². The number of hydrogen-bond acceptors (Lipinski definition) is 3. The van der Waals surface area contributed by atoms with Crippen molar-refractivity contribution in [1.82, 2.24) is 9.97 Å². The summed E-state index contributed by atoms with van der Waals surface area (Å²) in [6.07, 6.45) is 0. The van der Waals surface area contributed by atoms with Crippen molar-refractivity contribution in [3.05, 3.63) is 47.1 Å². The van der Waals surface area contributed by atoms with Gasteiger partial charge in [0.1, 0.15) is 17.6 Å². The molecule has 0 aliphatic heterocycles. The molecule has 1 aromatic heterocycles. The van der Waals surface area contributed by atoms with E-state index in [1.54, 1.807) is 25.3 Å². The van der Waals surface area contributed by atoms with Crippen LogP contribution in [0, 0.1) is 5.82 Å². The van der Waals surface area contributed by atoms with E-state index < -0.39 is 0 Å². The Hall–Kier alpha value is -1.52. The predicted molar refractivity (Wildman–Crippen MR) is 63.1 cm³/mol. The second-order valence-electron chi connectivity index (χ2n) is 3.44. The minimum atomic E-state index is -0.314. The molecule has 88 valence electrons. The van der Waals surface area contributed by atoms with E-state index in [2.05, 4.69) is 9.97 Å². The number of aromatic nitrogens is 2. The van der Waals surface area contributed by atoms with Crippen LogP contribution in [0.2, 0.25) is 5.15 Å². The second kappa shape index (κ2) is 5.21. The number of halogens is 2. The van der Waals surface area contributed by atoms with Gasteiger partial charge in [0.15, 0.2) is 5.82 Å². The fourth-order valence-electron chi connectivity index (χ4n) is 1.45. The highest BCUT2D eigenvalue weighted by molar-refractivity contribution is 6.29. The average molecular weight is 253 g/mol. The van der Waals surface area contributed by atoms with Crippen LogP contribution in [-0.2, 0) is 11.3 Å². The van der Waals surface area contributed by atoms with Gasteiger partial charge < -0.3 is 4.74 Å². The first-order chi connectivity index (χ1) is 8.19. The summed E-state index contributed by atoms with van der Waals surface area (Å²) in [6, 6.07) is 7.75. The van der Waals surface area contributed by atoms with Crippen LogP contribution < -0.4 is 0 Å². The van der Waals surface area contributed by atoms with Crippen molar-refractivity contribution in [3.63, 3.8) is 0 Å². The van der Waals surface area contributed by atoms with Crippen LogP contribution in [0.1, 0.15) is 5.82 Å². The van der Waals surface area contributed by atoms with Crippen molar-refractivity contribution in [2.24, 2.45) is 0 Å². The van der Waals surface area contributed by atoms with Gasteiger partial charge in [-0.05, 0) is 12.1 Å². The van der Waals surface area contributed by atoms with Crippen molar-refractivity contribution in [1.29, 1.82) is 0 Å². The van der Waals surface area contributed by atoms with Crippen LogP contribution in [0.15, 0.2) is 30.3 Å². The Morgan fingerprint density at radius 3 is 2.82 bits per heavy atom. The lowest BCUT2D eigenvalue weighted by atomic mass is 10.1. The van der Waals surface area contributed by atoms with E-state index in [1.807, 2.05) is 0 Å². The van der Waals surface area contributed by atoms with Crippen molar-refractivity contribution in [2.45, 2.75) is 6.61 Å². The summed E-state index contributed by atoms with van der Waals surface area (Å²) < 4.78 is 18.0. The molecule has 17 heavy (non-hydrogen) atoms. The maximum absolute atomic E-state index is 13.1. The minimum Gasteiger partial charge on any atom is -0.377 e. The van der Waals surface area contributed by atoms with E-state index in [1.165, 1.54) is 12.1 Å². The number of benzene rings is 1. The minimum absolute atomic E-state index is 0.267. The van der Waals surface area contributed by atoms with E-state index in [0.717, 1.165) is 0 Å². The van der Waals surface area contributed by atoms with Gasteiger partial charge in [0, 0.05) is 18.7 Å². The van der Waals surface area contributed by atoms with Gasteiger partial charge in [-0.25, -0.2) is 14.4 Å². The van der Waals surface area contributed by atoms with Gasteiger partial charge in [-0.2, -0.15) is 0 Å². The molecule has 0 saturated heterocycles. The van der Waals surface area contributed by atoms with Gasteiger partial charge in [0.05, 0.1) is 5.69 Å². The largest absolute Gasteiger partial charge is 0.377 e. The van der Waals surface area contributed by atoms with Crippen molar-refractivity contribution in [3.8, 4) is 11.3 Å². The summed E-state index contributed by atoms with van der Waals surface area (Å²) >= 11 is 5.88. The fraction of sp³-hybridized carbons (Fsp3) is 0.167. The van der Waals surface area contributed by atoms with Gasteiger partial charge in [0.2, 0.25) is 0 Å². The maximum atomic E-state index is 13.1. The summed E-state index contributed by atoms with van der Waals surface area (Å²) in [7, 11) is 1.55. The first kappa shape index (κ1) is 12.0. The third-order valence-corrected chi connectivity index (χ3v) is 2.33. The SMILES string of the molecule is COCc1nc(Cl)cc(-c2cccc(F)c2)n1. The molecule has 0 aliphatic carbocycles. The molecule has 0 spiro atoms. The monoisotopic (exact) mass is 252 g/mol. The van der Waals surface area contributed by atoms with Gasteiger partial charge >= 0.3 is 0 Å². The summed E-state index contributed by atoms with van der Waals surface area (Å²) in [5, 5.41) is 0.311. The molecule has 0 amide bonds. The summed E-state index contributed by atoms with van der Waals surface area (Å²) in [6.45, 7) is 0.267. The molecule has 0 saturated carbocycles. The number of methoxy groups -OCH3 is 1. The van der Waals surface area contributed by atoms with E-state index in [4.69, 9.17) is 16.3 Å². The lowest BCUT2D eigenvalue weighted by Gasteiger charge is -2.04. The Balaban J connectivity index is 2.44. The predicted octanol–water partition coefficient (Wildman–Crippen LogP) is 3.08. The van der Waals surface area contributed by atoms with Gasteiger partial charge in [-0.1, -0.05) is 23.7 Å². The van der Waals surface area contributed by atoms with Gasteiger partial charge in [-0.3, -0.25) is 0 Å². The Bertz CT molecular complexity index is 534. The number of ether oxygens (including phenoxy) is 1. The molecule has 0 N–H and O–H groups in total. The molecule has 0 atom stereocenters. The Morgan fingerprint density at radius 2 is 2.12 bits per heavy atom. The quantitative estimate of drug-likeness (QED) is 0.788. The normalized spacial score (nSPS) is 10.5. The van der Waals surface area contributed by atoms with Crippen LogP contribution in [-0.4, -0.2) is 17.1 Å². The molecule has 0 radical (unpaired) electrons. The van der Waals surface area contributed by atoms with Gasteiger partial charge in [-0.15, -0.1) is 0 Å². The molecule has 0 aliphatic rings. The summed E-state index contributed by atoms with van der Waals surface area (Å²) in [4.78, 5) is 8.25. The number of hydrogen-bond donors (Lipinski definition) is 0. The molecule has 0 unspecified atom stereocenters. The van der Waals surface area contributed by atoms with Crippen LogP contribution in [0.4, 0.5) is 4.39 Å². The lowest BCUT2D eigenvalue weighted by Crippen LogP contribution is -1.98. The van der Waals surface area contributed by atoms with E-state index in [9.17, 15) is 4.39 Å². The van der Waals surface area contributed by atoms with Crippen molar-refractivity contribution < 1.29 is 9.13 Å². The van der Waals surface area contributed by atoms with Crippen molar-refractivity contribution >= 4 is 11.6 Å². The molecular formula is C12H10ClFN2O. The molecule has 1 aromatic carbocycles. The number of rotatable bonds is 3. The third kappa shape index (κ3) is 2.99. The average Bonchev–Trinajstić information content (AvgIpc) is 2.28. The maximum Gasteiger partial charge on any atom is 0.156 e. The number of nitrogens with zero attached hydrogens (tertiary/aromatic N) is 2. The van der Waals surface area contributed by atoms with Gasteiger partial charge in [0.25, 0.3) is 0 Å². The molecular weight excluding hydrogens is 243 g/mol. The molecule has 2 rings (SSSR count). The Labute approximate surface area is 103 Å². The molecule has 3 nitrogen and oxygen atoms in total. The van der Waals surface area contributed by atoms with Crippen LogP contribution in [0.25, 0.3) is 11.3 Å². The molecule has 5 heteroatoms. The molecule has 1 heterocycles. The van der Waals surface area contributed by atoms with E-state index in [-0.39, 0.29) is 12.4 Å².